The fraction of sp³-hybridized carbons (Fsp3) is 0.276. The molecule has 11 heteroatoms. The van der Waals surface area contributed by atoms with E-state index in [2.05, 4.69) is 6.92 Å². The van der Waals surface area contributed by atoms with Gasteiger partial charge in [-0.1, -0.05) is 37.6 Å². The van der Waals surface area contributed by atoms with E-state index in [4.69, 9.17) is 4.42 Å². The minimum atomic E-state index is -1.43. The van der Waals surface area contributed by atoms with E-state index in [0.717, 1.165) is 37.1 Å². The van der Waals surface area contributed by atoms with Gasteiger partial charge in [-0.25, -0.2) is 0 Å². The molecule has 4 unspecified atom stereocenters. The third-order valence-corrected chi connectivity index (χ3v) is 6.34. The molecule has 2 aromatic carbocycles. The fourth-order valence-corrected chi connectivity index (χ4v) is 4.20. The number of carbonyl (C=O) groups is 2. The number of unbranched alkanes of at least 4 members (excludes halogenated alkanes) is 1. The fourth-order valence-electron chi connectivity index (χ4n) is 4.20. The van der Waals surface area contributed by atoms with Crippen molar-refractivity contribution >= 4 is 23.0 Å². The lowest BCUT2D eigenvalue weighted by atomic mass is 9.76. The molecule has 7 N–H and O–H groups in total. The maximum Gasteiger partial charge on any atom is 0.238 e. The summed E-state index contributed by atoms with van der Waals surface area (Å²) in [5.74, 6) is -4.48. The molecule has 4 rings (SSSR count). The Morgan fingerprint density at radius 2 is 1.68 bits per heavy atom. The van der Waals surface area contributed by atoms with Crippen molar-refractivity contribution in [2.45, 2.75) is 38.4 Å². The van der Waals surface area contributed by atoms with Crippen LogP contribution in [0.5, 0.6) is 28.7 Å². The zero-order chi connectivity index (χ0) is 29.6. The first-order valence-electron chi connectivity index (χ1n) is 12.4. The Hall–Kier alpha value is -4.61. The number of ketones is 1. The molecule has 0 spiro atoms. The Morgan fingerprint density at radius 3 is 2.33 bits per heavy atom. The number of aldehydes is 1. The second-order valence-electron chi connectivity index (χ2n) is 9.23. The maximum atomic E-state index is 12.1. The Bertz CT molecular complexity index is 1500. The average molecular weight is 555 g/mol. The van der Waals surface area contributed by atoms with Crippen LogP contribution in [-0.4, -0.2) is 60.0 Å². The Kier molecular flexibility index (Phi) is 9.70. The molecule has 1 aromatic heterocycles. The lowest BCUT2D eigenvalue weighted by Crippen LogP contribution is -2.47. The number of rotatable bonds is 6. The Morgan fingerprint density at radius 1 is 0.950 bits per heavy atom. The SMILES string of the molecule is CCCC=CC=CC1CC(O)C(O)C(=O)C1C=O.O=c1c(O)c(-c2ccc(O)c(O)c2)oc2cc(O)cc(O)c12. The molecule has 1 aliphatic carbocycles. The molecular weight excluding hydrogens is 524 g/mol. The van der Waals surface area contributed by atoms with E-state index in [0.29, 0.717) is 6.29 Å². The largest absolute Gasteiger partial charge is 0.508 e. The summed E-state index contributed by atoms with van der Waals surface area (Å²) in [6.07, 6.45) is 7.72. The van der Waals surface area contributed by atoms with Gasteiger partial charge in [0, 0.05) is 17.7 Å². The van der Waals surface area contributed by atoms with E-state index in [1.165, 1.54) is 6.07 Å². The molecule has 3 aromatic rings. The summed E-state index contributed by atoms with van der Waals surface area (Å²) in [6.45, 7) is 2.08. The predicted octanol–water partition coefficient (Wildman–Crippen LogP) is 3.01. The minimum Gasteiger partial charge on any atom is -0.508 e. The zero-order valence-corrected chi connectivity index (χ0v) is 21.5. The van der Waals surface area contributed by atoms with E-state index >= 15 is 0 Å². The number of fused-ring (bicyclic) bond motifs is 1. The molecule has 1 aliphatic rings. The van der Waals surface area contributed by atoms with Crippen LogP contribution in [0.2, 0.25) is 0 Å². The van der Waals surface area contributed by atoms with Gasteiger partial charge in [0.1, 0.15) is 34.9 Å². The van der Waals surface area contributed by atoms with E-state index in [1.807, 2.05) is 12.2 Å². The predicted molar refractivity (Wildman–Crippen MR) is 144 cm³/mol. The van der Waals surface area contributed by atoms with Crippen molar-refractivity contribution in [2.75, 3.05) is 0 Å². The van der Waals surface area contributed by atoms with Crippen LogP contribution < -0.4 is 5.43 Å². The van der Waals surface area contributed by atoms with Crippen molar-refractivity contribution in [2.24, 2.45) is 11.8 Å². The van der Waals surface area contributed by atoms with Gasteiger partial charge in [0.05, 0.1) is 12.0 Å². The highest BCUT2D eigenvalue weighted by molar-refractivity contribution is 5.97. The molecule has 1 heterocycles. The Labute approximate surface area is 228 Å². The molecule has 0 saturated heterocycles. The van der Waals surface area contributed by atoms with E-state index in [-0.39, 0.29) is 46.1 Å². The van der Waals surface area contributed by atoms with Gasteiger partial charge in [0.15, 0.2) is 23.0 Å². The standard InChI is InChI=1S/C15H10O7.C14H20O4/c16-7-4-10(19)12-11(5-7)22-15(14(21)13(12)20)6-1-2-8(17)9(18)3-6;1-2-3-4-5-6-7-10-8-12(16)14(18)13(17)11(10)9-15/h1-5,16-19,21H;4-7,9-12,14,16,18H,2-3,8H2,1H3. The number of hydrogen-bond acceptors (Lipinski definition) is 11. The number of Topliss-reactive ketones (excluding diaryl/α,β-unsaturated/α-hetero) is 1. The lowest BCUT2D eigenvalue weighted by Gasteiger charge is -2.31. The molecule has 212 valence electrons. The summed E-state index contributed by atoms with van der Waals surface area (Å²) in [6, 6.07) is 5.64. The highest BCUT2D eigenvalue weighted by atomic mass is 16.4. The molecule has 1 fully saturated rings. The molecule has 0 bridgehead atoms. The van der Waals surface area contributed by atoms with Crippen LogP contribution in [0.4, 0.5) is 0 Å². The average Bonchev–Trinajstić information content (AvgIpc) is 2.91. The van der Waals surface area contributed by atoms with Crippen molar-refractivity contribution < 1.29 is 49.8 Å². The summed E-state index contributed by atoms with van der Waals surface area (Å²) < 4.78 is 5.35. The quantitative estimate of drug-likeness (QED) is 0.102. The Balaban J connectivity index is 0.000000226. The topological polar surface area (TPSA) is 206 Å². The van der Waals surface area contributed by atoms with Crippen LogP contribution >= 0.6 is 0 Å². The van der Waals surface area contributed by atoms with E-state index in [9.17, 15) is 50.1 Å². The van der Waals surface area contributed by atoms with Gasteiger partial charge in [0.2, 0.25) is 11.2 Å². The van der Waals surface area contributed by atoms with Crippen molar-refractivity contribution in [1.82, 2.24) is 0 Å². The summed E-state index contributed by atoms with van der Waals surface area (Å²) >= 11 is 0. The first kappa shape index (κ1) is 29.9. The number of allylic oxidation sites excluding steroid dienone is 4. The van der Waals surface area contributed by atoms with Crippen molar-refractivity contribution in [3.05, 3.63) is 64.9 Å². The molecule has 1 saturated carbocycles. The smallest absolute Gasteiger partial charge is 0.238 e. The summed E-state index contributed by atoms with van der Waals surface area (Å²) in [5.41, 5.74) is -0.890. The molecular formula is C29H30O11. The van der Waals surface area contributed by atoms with Crippen LogP contribution in [0.15, 0.2) is 63.8 Å². The van der Waals surface area contributed by atoms with Gasteiger partial charge < -0.3 is 45.0 Å². The van der Waals surface area contributed by atoms with Crippen molar-refractivity contribution in [3.63, 3.8) is 0 Å². The number of aliphatic hydroxyl groups excluding tert-OH is 2. The van der Waals surface area contributed by atoms with Crippen molar-refractivity contribution in [1.29, 1.82) is 0 Å². The number of phenols is 4. The summed E-state index contributed by atoms with van der Waals surface area (Å²) in [5, 5.41) is 66.6. The highest BCUT2D eigenvalue weighted by Gasteiger charge is 2.41. The van der Waals surface area contributed by atoms with Crippen LogP contribution in [0.1, 0.15) is 26.2 Å². The van der Waals surface area contributed by atoms with Gasteiger partial charge in [0.25, 0.3) is 0 Å². The third kappa shape index (κ3) is 6.50. The first-order chi connectivity index (χ1) is 19.0. The third-order valence-electron chi connectivity index (χ3n) is 6.34. The molecule has 40 heavy (non-hydrogen) atoms. The van der Waals surface area contributed by atoms with Crippen molar-refractivity contribution in [3.8, 4) is 40.1 Å². The molecule has 0 amide bonds. The second-order valence-corrected chi connectivity index (χ2v) is 9.23. The number of benzene rings is 2. The van der Waals surface area contributed by atoms with E-state index in [1.54, 1.807) is 12.2 Å². The van der Waals surface area contributed by atoms with Gasteiger partial charge in [-0.15, -0.1) is 0 Å². The summed E-state index contributed by atoms with van der Waals surface area (Å²) in [4.78, 5) is 34.7. The van der Waals surface area contributed by atoms with Gasteiger partial charge in [-0.05, 0) is 37.0 Å². The first-order valence-corrected chi connectivity index (χ1v) is 12.4. The molecule has 4 atom stereocenters. The monoisotopic (exact) mass is 554 g/mol. The van der Waals surface area contributed by atoms with Crippen LogP contribution in [0.3, 0.4) is 0 Å². The number of aliphatic hydroxyl groups is 2. The highest BCUT2D eigenvalue weighted by Crippen LogP contribution is 2.37. The van der Waals surface area contributed by atoms with Crippen LogP contribution in [0, 0.1) is 11.8 Å². The van der Waals surface area contributed by atoms with Gasteiger partial charge in [-0.2, -0.15) is 0 Å². The normalized spacial score (nSPS) is 21.0. The number of carbonyl (C=O) groups excluding carboxylic acids is 2. The van der Waals surface area contributed by atoms with E-state index < -0.39 is 46.6 Å². The van der Waals surface area contributed by atoms with Crippen LogP contribution in [0.25, 0.3) is 22.3 Å². The second kappa shape index (κ2) is 13.0. The van der Waals surface area contributed by atoms with Crippen LogP contribution in [-0.2, 0) is 9.59 Å². The van der Waals surface area contributed by atoms with Gasteiger partial charge >= 0.3 is 0 Å². The number of phenolic OH excluding ortho intramolecular Hbond substituents is 4. The zero-order valence-electron chi connectivity index (χ0n) is 21.5. The number of hydrogen-bond donors (Lipinski definition) is 7. The molecule has 11 nitrogen and oxygen atoms in total. The lowest BCUT2D eigenvalue weighted by molar-refractivity contribution is -0.146. The molecule has 0 radical (unpaired) electrons. The maximum absolute atomic E-state index is 12.1. The number of aromatic hydroxyl groups is 5. The summed E-state index contributed by atoms with van der Waals surface area (Å²) in [7, 11) is 0. The van der Waals surface area contributed by atoms with Gasteiger partial charge in [-0.3, -0.25) is 9.59 Å². The minimum absolute atomic E-state index is 0.134. The molecule has 0 aliphatic heterocycles.